The van der Waals surface area contributed by atoms with E-state index in [1.165, 1.54) is 69.4 Å². The largest absolute Gasteiger partial charge is 0.554 e. The number of H-pyrrole nitrogens is 1. The smallest absolute Gasteiger partial charge is 0.535 e. The minimum Gasteiger partial charge on any atom is -0.535 e. The number of rotatable bonds is 15. The van der Waals surface area contributed by atoms with Crippen LogP contribution in [0.15, 0.2) is 193 Å². The number of benzene rings is 6. The Morgan fingerprint density at radius 3 is 1.35 bits per heavy atom. The molecule has 0 bridgehead atoms. The van der Waals surface area contributed by atoms with Gasteiger partial charge in [-0.05, 0) is 96.3 Å². The topological polar surface area (TPSA) is 393 Å². The molecule has 5 aliphatic rings. The quantitative estimate of drug-likeness (QED) is 0.0149. The number of nitrogen functional groups attached to an aromatic ring is 1. The minimum atomic E-state index is -1.07. The summed E-state index contributed by atoms with van der Waals surface area (Å²) in [5, 5.41) is 126. The Hall–Kier alpha value is -9.12. The Morgan fingerprint density at radius 1 is 0.569 bits per heavy atom. The van der Waals surface area contributed by atoms with Crippen LogP contribution >= 0.6 is 58.4 Å². The van der Waals surface area contributed by atoms with E-state index in [0.717, 1.165) is 37.7 Å². The summed E-state index contributed by atoms with van der Waals surface area (Å²) in [5.41, 5.74) is 8.11. The second kappa shape index (κ2) is 35.7. The van der Waals surface area contributed by atoms with Crippen molar-refractivity contribution < 1.29 is 78.7 Å². The third-order valence-electron chi connectivity index (χ3n) is 15.7. The maximum atomic E-state index is 10.2. The number of thiazole rings is 1. The number of aliphatic hydroxyl groups is 5. The molecule has 0 amide bonds. The molecule has 14 N–H and O–H groups in total. The lowest BCUT2D eigenvalue weighted by molar-refractivity contribution is 0.0646. The van der Waals surface area contributed by atoms with Gasteiger partial charge in [0, 0.05) is 18.0 Å². The summed E-state index contributed by atoms with van der Waals surface area (Å²) >= 11 is 7.01. The molecule has 8 heterocycles. The van der Waals surface area contributed by atoms with Crippen LogP contribution in [-0.4, -0.2) is 153 Å². The summed E-state index contributed by atoms with van der Waals surface area (Å²) < 4.78 is 35.6. The Labute approximate surface area is 611 Å². The number of nitrogens with one attached hydrogen (secondary N) is 2. The fraction of sp³-hybridized carbons (Fsp3) is 0.194. The van der Waals surface area contributed by atoms with Gasteiger partial charge in [0.05, 0.1) is 66.3 Å². The molecule has 14 rings (SSSR count). The van der Waals surface area contributed by atoms with Gasteiger partial charge in [0.25, 0.3) is 0 Å². The molecule has 25 nitrogen and oxygen atoms in total. The van der Waals surface area contributed by atoms with Gasteiger partial charge >= 0.3 is 35.6 Å². The summed E-state index contributed by atoms with van der Waals surface area (Å²) in [4.78, 5) is 4.21. The standard InChI is InChI=1S/C17H17BO4.C13H12BNO3S2.C12H13BN4O3S.C12H12BN3O3S.C12H14BNO3S.CH4/c1-12(19)15-9-5-8-14-10-16(18(20)22-17(14)15)21-11-13-6-3-2-4-7-13;1-8(16)10-4-2-3-9-7-11(14(17)18-12(9)10)20-13-15-5-6-19-13;1-7(18)9-4-2-3-8-5-10(13(19)20-11(8)9)21-12-16-15-6-17(12)14;1-7(17)9-4-2-3-8-5-10(13(18)19-12(8)9)20-11-6-14-16-15-11;1-7(15)10-5-3-4-9-6-11(18-8(2)14)13(16)17-12(9)10;/h2-9,16,19-20H,1,10-11H2;2-6,11,16-17H,1,7H2;2-4,6,10,18-19H,1,5,14H2;2-4,6,10,17-18H,1,5H2,(H,14,15,16);3-5,11,14-16H,1,6H2,2H3;1H4/t16-;11-;2*10-;11-;/m00000./s1. The van der Waals surface area contributed by atoms with Crippen LogP contribution in [0, 0.1) is 5.41 Å². The lowest BCUT2D eigenvalue weighted by Crippen LogP contribution is -2.44. The normalized spacial score (nSPS) is 17.2. The van der Waals surface area contributed by atoms with E-state index in [9.17, 15) is 50.7 Å². The fourth-order valence-electron chi connectivity index (χ4n) is 10.9. The van der Waals surface area contributed by atoms with Crippen LogP contribution in [0.4, 0.5) is 0 Å². The molecular weight excluding hydrogens is 1400 g/mol. The molecule has 5 atom stereocenters. The lowest BCUT2D eigenvalue weighted by atomic mass is 9.74. The third kappa shape index (κ3) is 19.5. The van der Waals surface area contributed by atoms with Crippen molar-refractivity contribution in [1.82, 2.24) is 35.3 Å². The van der Waals surface area contributed by atoms with Gasteiger partial charge in [-0.2, -0.15) is 10.3 Å². The molecule has 526 valence electrons. The molecule has 0 saturated heterocycles. The van der Waals surface area contributed by atoms with Crippen molar-refractivity contribution >= 4 is 128 Å². The summed E-state index contributed by atoms with van der Waals surface area (Å²) in [5.74, 6) is 7.72. The van der Waals surface area contributed by atoms with E-state index in [1.807, 2.05) is 96.4 Å². The Kier molecular flexibility index (Phi) is 26.9. The van der Waals surface area contributed by atoms with Crippen LogP contribution in [0.5, 0.6) is 28.7 Å². The van der Waals surface area contributed by atoms with Gasteiger partial charge in [-0.3, -0.25) is 5.41 Å². The zero-order valence-corrected chi connectivity index (χ0v) is 58.2. The first-order chi connectivity index (χ1) is 48.5. The first-order valence-corrected chi connectivity index (χ1v) is 35.4. The number of hydrogen-bond donors (Lipinski definition) is 13. The molecule has 0 spiro atoms. The number of aromatic amines is 1. The Morgan fingerprint density at radius 2 is 0.971 bits per heavy atom. The van der Waals surface area contributed by atoms with Crippen LogP contribution in [0.3, 0.4) is 0 Å². The summed E-state index contributed by atoms with van der Waals surface area (Å²) in [7, 11) is -5.01. The van der Waals surface area contributed by atoms with E-state index >= 15 is 0 Å². The zero-order chi connectivity index (χ0) is 72.0. The number of hydrogen-bond acceptors (Lipinski definition) is 28. The fourth-order valence-corrected chi connectivity index (χ4v) is 15.7. The summed E-state index contributed by atoms with van der Waals surface area (Å²) in [6.07, 6.45) is 7.65. The van der Waals surface area contributed by atoms with E-state index < -0.39 is 41.6 Å². The molecule has 102 heavy (non-hydrogen) atoms. The number of fused-ring (bicyclic) bond motifs is 5. The van der Waals surface area contributed by atoms with Crippen LogP contribution in [-0.2, 0) is 43.4 Å². The highest BCUT2D eigenvalue weighted by molar-refractivity contribution is 8.15. The van der Waals surface area contributed by atoms with E-state index in [2.05, 4.69) is 63.5 Å². The molecule has 35 heteroatoms. The predicted octanol–water partition coefficient (Wildman–Crippen LogP) is 10.5. The van der Waals surface area contributed by atoms with Crippen molar-refractivity contribution in [2.45, 2.75) is 94.2 Å². The lowest BCUT2D eigenvalue weighted by Gasteiger charge is -2.28. The van der Waals surface area contributed by atoms with Gasteiger partial charge in [-0.15, -0.1) is 50.2 Å². The number of nitrogens with zero attached hydrogens (tertiary/aromatic N) is 6. The third-order valence-corrected chi connectivity index (χ3v) is 21.2. The second-order valence-electron chi connectivity index (χ2n) is 22.9. The second-order valence-corrected chi connectivity index (χ2v) is 29.2. The average molecular weight is 1470 g/mol. The van der Waals surface area contributed by atoms with Crippen molar-refractivity contribution in [3.63, 3.8) is 0 Å². The number of nitrogens with two attached hydrogens (primary N) is 1. The Bertz CT molecular complexity index is 4310. The van der Waals surface area contributed by atoms with Crippen molar-refractivity contribution in [3.8, 4) is 28.7 Å². The number of aromatic nitrogens is 7. The molecule has 0 fully saturated rings. The van der Waals surface area contributed by atoms with Crippen LogP contribution < -0.4 is 29.1 Å². The van der Waals surface area contributed by atoms with Gasteiger partial charge in [0.15, 0.2) is 0 Å². The molecule has 3 aromatic heterocycles. The predicted molar refractivity (Wildman–Crippen MR) is 406 cm³/mol. The maximum Gasteiger partial charge on any atom is 0.554 e. The molecule has 9 aromatic rings. The van der Waals surface area contributed by atoms with E-state index in [0.29, 0.717) is 111 Å². The van der Waals surface area contributed by atoms with E-state index in [1.54, 1.807) is 49.6 Å². The van der Waals surface area contributed by atoms with Crippen LogP contribution in [0.25, 0.3) is 28.8 Å². The van der Waals surface area contributed by atoms with Crippen LogP contribution in [0.2, 0.25) is 0 Å². The van der Waals surface area contributed by atoms with E-state index in [4.69, 9.17) is 39.3 Å². The van der Waals surface area contributed by atoms with Gasteiger partial charge in [-0.1, -0.05) is 155 Å². The van der Waals surface area contributed by atoms with Gasteiger partial charge in [-0.25, -0.2) is 9.66 Å². The van der Waals surface area contributed by atoms with Gasteiger partial charge < -0.3 is 84.5 Å². The zero-order valence-electron chi connectivity index (χ0n) is 54.1. The SMILES string of the molecule is C.C=C(O)c1cccc2c1OB(O)[C@@H](OCc1ccccc1)C2.C=C(O)c1cccc2c1OB(O)[C@@H](SC(C)=N)C2.C=C(O)c1cccc2c1OB(O)[C@@H](Sc1cn[nH]n1)C2.C=C(O)c1cccc2c1OB(O)[C@@H](Sc1nccs1)C2.C=C(O)c1cccc2c1OB(O)[C@@H](Sc1nncn1N)C2. The molecular formula is C67H72B5N9O16S5. The molecule has 0 aliphatic carbocycles. The summed E-state index contributed by atoms with van der Waals surface area (Å²) in [6.45, 7) is 19.6. The van der Waals surface area contributed by atoms with Crippen LogP contribution in [0.1, 0.15) is 75.5 Å². The highest BCUT2D eigenvalue weighted by Gasteiger charge is 2.42. The first kappa shape index (κ1) is 77.1. The number of ether oxygens (including phenoxy) is 1. The minimum absolute atomic E-state index is 0. The van der Waals surface area contributed by atoms with Crippen molar-refractivity contribution in [2.75, 3.05) is 5.84 Å². The molecule has 5 aliphatic heterocycles. The van der Waals surface area contributed by atoms with Gasteiger partial charge in [0.2, 0.25) is 5.16 Å². The Balaban J connectivity index is 0.000000148. The summed E-state index contributed by atoms with van der Waals surface area (Å²) in [6, 6.07) is 36.5. The highest BCUT2D eigenvalue weighted by atomic mass is 32.2. The highest BCUT2D eigenvalue weighted by Crippen LogP contribution is 2.42. The number of aliphatic hydroxyl groups excluding tert-OH is 5. The molecule has 0 unspecified atom stereocenters. The van der Waals surface area contributed by atoms with Crippen molar-refractivity contribution in [3.05, 3.63) is 240 Å². The van der Waals surface area contributed by atoms with E-state index in [-0.39, 0.29) is 56.8 Å². The number of para-hydroxylation sites is 5. The first-order valence-electron chi connectivity index (χ1n) is 31.0. The van der Waals surface area contributed by atoms with Gasteiger partial charge in [0.1, 0.15) is 79.2 Å². The van der Waals surface area contributed by atoms with Crippen molar-refractivity contribution in [2.24, 2.45) is 0 Å². The average Bonchev–Trinajstić information content (AvgIpc) is 1.00. The number of thioether (sulfide) groups is 4. The van der Waals surface area contributed by atoms with Crippen molar-refractivity contribution in [1.29, 1.82) is 5.41 Å². The monoisotopic (exact) mass is 1470 g/mol. The molecule has 0 radical (unpaired) electrons. The molecule has 6 aromatic carbocycles. The maximum absolute atomic E-state index is 10.2. The molecule has 0 saturated carbocycles.